The molecule has 1 aliphatic rings. The number of ether oxygens (including phenoxy) is 1. The third-order valence-electron chi connectivity index (χ3n) is 5.30. The molecule has 1 aliphatic carbocycles. The molecule has 0 spiro atoms. The monoisotopic (exact) mass is 442 g/mol. The molecule has 3 aromatic rings. The first-order chi connectivity index (χ1) is 14.7. The minimum atomic E-state index is -0.268. The molecule has 158 valence electrons. The maximum Gasteiger partial charge on any atom is 0.316 e. The van der Waals surface area contributed by atoms with Gasteiger partial charge in [-0.15, -0.1) is 11.3 Å². The summed E-state index contributed by atoms with van der Waals surface area (Å²) in [4.78, 5) is 32.7. The van der Waals surface area contributed by atoms with Crippen molar-refractivity contribution in [2.24, 2.45) is 0 Å². The lowest BCUT2D eigenvalue weighted by Crippen LogP contribution is -2.22. The van der Waals surface area contributed by atoms with Gasteiger partial charge in [-0.05, 0) is 49.8 Å². The molecule has 2 heterocycles. The van der Waals surface area contributed by atoms with Crippen LogP contribution in [0.5, 0.6) is 0 Å². The lowest BCUT2D eigenvalue weighted by molar-refractivity contribution is -0.140. The van der Waals surface area contributed by atoms with Crippen LogP contribution in [0, 0.1) is 0 Å². The van der Waals surface area contributed by atoms with Gasteiger partial charge in [-0.1, -0.05) is 49.7 Å². The molecular formula is C23H26N2O3S2. The summed E-state index contributed by atoms with van der Waals surface area (Å²) in [5.74, 6) is -0.127. The van der Waals surface area contributed by atoms with Crippen LogP contribution >= 0.6 is 23.1 Å². The molecule has 0 saturated heterocycles. The fraction of sp³-hybridized carbons (Fsp3) is 0.435. The zero-order valence-electron chi connectivity index (χ0n) is 17.2. The molecule has 0 radical (unpaired) electrons. The van der Waals surface area contributed by atoms with E-state index in [-0.39, 0.29) is 17.3 Å². The number of hydrogen-bond donors (Lipinski definition) is 0. The van der Waals surface area contributed by atoms with Crippen LogP contribution in [-0.2, 0) is 22.4 Å². The summed E-state index contributed by atoms with van der Waals surface area (Å²) in [5.41, 5.74) is 1.91. The second kappa shape index (κ2) is 9.79. The van der Waals surface area contributed by atoms with Crippen molar-refractivity contribution in [2.45, 2.75) is 57.0 Å². The SMILES string of the molecule is CCCCCOC(=O)CSc1nc2sc3c(c2c(=O)n1-c1ccccc1)CCCC3. The third-order valence-corrected chi connectivity index (χ3v) is 7.40. The van der Waals surface area contributed by atoms with Crippen molar-refractivity contribution in [1.29, 1.82) is 0 Å². The molecule has 5 nitrogen and oxygen atoms in total. The molecule has 2 aromatic heterocycles. The number of carbonyl (C=O) groups excluding carboxylic acids is 1. The van der Waals surface area contributed by atoms with Crippen molar-refractivity contribution in [3.8, 4) is 5.69 Å². The number of unbranched alkanes of at least 4 members (excludes halogenated alkanes) is 2. The number of thioether (sulfide) groups is 1. The number of aryl methyl sites for hydroxylation is 2. The van der Waals surface area contributed by atoms with Gasteiger partial charge in [-0.25, -0.2) is 4.98 Å². The highest BCUT2D eigenvalue weighted by molar-refractivity contribution is 7.99. The minimum absolute atomic E-state index is 0.0376. The molecule has 7 heteroatoms. The standard InChI is InChI=1S/C23H26N2O3S2/c1-2-3-9-14-28-19(26)15-29-23-24-21-20(17-12-7-8-13-18(17)30-21)22(27)25(23)16-10-5-4-6-11-16/h4-6,10-11H,2-3,7-9,12-15H2,1H3. The van der Waals surface area contributed by atoms with Crippen molar-refractivity contribution in [3.63, 3.8) is 0 Å². The molecule has 0 amide bonds. The van der Waals surface area contributed by atoms with Crippen LogP contribution in [0.4, 0.5) is 0 Å². The van der Waals surface area contributed by atoms with E-state index in [2.05, 4.69) is 6.92 Å². The lowest BCUT2D eigenvalue weighted by Gasteiger charge is -2.13. The number of aromatic nitrogens is 2. The van der Waals surface area contributed by atoms with Gasteiger partial charge < -0.3 is 4.74 Å². The second-order valence-electron chi connectivity index (χ2n) is 7.48. The van der Waals surface area contributed by atoms with Gasteiger partial charge in [0.15, 0.2) is 5.16 Å². The third kappa shape index (κ3) is 4.47. The number of thiophene rings is 1. The Morgan fingerprint density at radius 3 is 2.80 bits per heavy atom. The predicted molar refractivity (Wildman–Crippen MR) is 123 cm³/mol. The summed E-state index contributed by atoms with van der Waals surface area (Å²) in [6, 6.07) is 9.55. The highest BCUT2D eigenvalue weighted by Gasteiger charge is 2.23. The quantitative estimate of drug-likeness (QED) is 0.209. The van der Waals surface area contributed by atoms with Gasteiger partial charge >= 0.3 is 5.97 Å². The smallest absolute Gasteiger partial charge is 0.316 e. The van der Waals surface area contributed by atoms with Gasteiger partial charge in [-0.2, -0.15) is 0 Å². The Morgan fingerprint density at radius 1 is 1.20 bits per heavy atom. The molecule has 30 heavy (non-hydrogen) atoms. The first-order valence-electron chi connectivity index (χ1n) is 10.6. The zero-order chi connectivity index (χ0) is 20.9. The molecule has 0 bridgehead atoms. The fourth-order valence-electron chi connectivity index (χ4n) is 3.79. The van der Waals surface area contributed by atoms with Crippen LogP contribution in [0.1, 0.15) is 49.5 Å². The molecule has 1 aromatic carbocycles. The molecule has 0 fully saturated rings. The van der Waals surface area contributed by atoms with Crippen molar-refractivity contribution in [1.82, 2.24) is 9.55 Å². The second-order valence-corrected chi connectivity index (χ2v) is 9.50. The summed E-state index contributed by atoms with van der Waals surface area (Å²) in [7, 11) is 0. The number of rotatable bonds is 8. The van der Waals surface area contributed by atoms with Crippen LogP contribution in [0.25, 0.3) is 15.9 Å². The fourth-order valence-corrected chi connectivity index (χ4v) is 5.90. The predicted octanol–water partition coefficient (Wildman–Crippen LogP) is 5.15. The zero-order valence-corrected chi connectivity index (χ0v) is 18.8. The van der Waals surface area contributed by atoms with Crippen LogP contribution in [0.2, 0.25) is 0 Å². The van der Waals surface area contributed by atoms with Crippen molar-refractivity contribution >= 4 is 39.3 Å². The Labute approximate surface area is 184 Å². The van der Waals surface area contributed by atoms with E-state index < -0.39 is 0 Å². The minimum Gasteiger partial charge on any atom is -0.465 e. The van der Waals surface area contributed by atoms with Crippen LogP contribution < -0.4 is 5.56 Å². The Morgan fingerprint density at radius 2 is 2.00 bits per heavy atom. The van der Waals surface area contributed by atoms with Crippen LogP contribution in [0.15, 0.2) is 40.3 Å². The molecule has 4 rings (SSSR count). The highest BCUT2D eigenvalue weighted by atomic mass is 32.2. The summed E-state index contributed by atoms with van der Waals surface area (Å²) in [6.45, 7) is 2.56. The summed E-state index contributed by atoms with van der Waals surface area (Å²) >= 11 is 2.90. The molecule has 0 N–H and O–H groups in total. The highest BCUT2D eigenvalue weighted by Crippen LogP contribution is 2.35. The normalized spacial score (nSPS) is 13.4. The van der Waals surface area contributed by atoms with E-state index in [0.717, 1.165) is 60.8 Å². The largest absolute Gasteiger partial charge is 0.465 e. The van der Waals surface area contributed by atoms with E-state index in [1.54, 1.807) is 15.9 Å². The maximum atomic E-state index is 13.6. The number of nitrogens with zero attached hydrogens (tertiary/aromatic N) is 2. The number of para-hydroxylation sites is 1. The van der Waals surface area contributed by atoms with Crippen molar-refractivity contribution < 1.29 is 9.53 Å². The van der Waals surface area contributed by atoms with Gasteiger partial charge in [0.1, 0.15) is 4.83 Å². The summed E-state index contributed by atoms with van der Waals surface area (Å²) < 4.78 is 6.97. The van der Waals surface area contributed by atoms with Crippen LogP contribution in [-0.4, -0.2) is 27.9 Å². The first kappa shape index (κ1) is 21.1. The van der Waals surface area contributed by atoms with E-state index in [1.165, 1.54) is 22.2 Å². The van der Waals surface area contributed by atoms with Gasteiger partial charge in [0.25, 0.3) is 5.56 Å². The van der Waals surface area contributed by atoms with Crippen molar-refractivity contribution in [3.05, 3.63) is 51.1 Å². The van der Waals surface area contributed by atoms with Crippen LogP contribution in [0.3, 0.4) is 0 Å². The Hall–Kier alpha value is -2.12. The van der Waals surface area contributed by atoms with E-state index in [4.69, 9.17) is 9.72 Å². The summed E-state index contributed by atoms with van der Waals surface area (Å²) in [5, 5.41) is 1.30. The molecule has 0 atom stereocenters. The Kier molecular flexibility index (Phi) is 6.89. The Bertz CT molecular complexity index is 1090. The number of fused-ring (bicyclic) bond motifs is 3. The Balaban J connectivity index is 1.67. The first-order valence-corrected chi connectivity index (χ1v) is 12.4. The van der Waals surface area contributed by atoms with Gasteiger partial charge in [-0.3, -0.25) is 14.2 Å². The average Bonchev–Trinajstić information content (AvgIpc) is 3.14. The van der Waals surface area contributed by atoms with Gasteiger partial charge in [0.2, 0.25) is 0 Å². The number of esters is 1. The van der Waals surface area contributed by atoms with Gasteiger partial charge in [0, 0.05) is 4.88 Å². The molecule has 0 saturated carbocycles. The maximum absolute atomic E-state index is 13.6. The summed E-state index contributed by atoms with van der Waals surface area (Å²) in [6.07, 6.45) is 7.26. The molecule has 0 aliphatic heterocycles. The van der Waals surface area contributed by atoms with Gasteiger partial charge in [0.05, 0.1) is 23.4 Å². The van der Waals surface area contributed by atoms with E-state index >= 15 is 0 Å². The lowest BCUT2D eigenvalue weighted by atomic mass is 9.97. The van der Waals surface area contributed by atoms with E-state index in [0.29, 0.717) is 11.8 Å². The molecule has 0 unspecified atom stereocenters. The van der Waals surface area contributed by atoms with E-state index in [1.807, 2.05) is 30.3 Å². The topological polar surface area (TPSA) is 61.2 Å². The number of carbonyl (C=O) groups is 1. The number of benzene rings is 1. The average molecular weight is 443 g/mol. The van der Waals surface area contributed by atoms with E-state index in [9.17, 15) is 9.59 Å². The molecular weight excluding hydrogens is 416 g/mol. The number of hydrogen-bond acceptors (Lipinski definition) is 6. The van der Waals surface area contributed by atoms with Crippen molar-refractivity contribution in [2.75, 3.05) is 12.4 Å².